The highest BCUT2D eigenvalue weighted by atomic mass is 16.5. The van der Waals surface area contributed by atoms with Crippen molar-refractivity contribution in [2.24, 2.45) is 0 Å². The third kappa shape index (κ3) is 3.42. The van der Waals surface area contributed by atoms with Gasteiger partial charge in [0.05, 0.1) is 31.5 Å². The Hall–Kier alpha value is -2.76. The first-order chi connectivity index (χ1) is 11.4. The number of aryl methyl sites for hydroxylation is 1. The van der Waals surface area contributed by atoms with Crippen LogP contribution in [0.3, 0.4) is 0 Å². The first-order valence-electron chi connectivity index (χ1n) is 7.61. The Morgan fingerprint density at radius 2 is 1.75 bits per heavy atom. The summed E-state index contributed by atoms with van der Waals surface area (Å²) in [7, 11) is 2.92. The first-order valence-corrected chi connectivity index (χ1v) is 7.61. The number of methoxy groups -OCH3 is 2. The zero-order chi connectivity index (χ0) is 17.9. The molecule has 0 bridgehead atoms. The van der Waals surface area contributed by atoms with Gasteiger partial charge in [0.25, 0.3) is 0 Å². The monoisotopic (exact) mass is 330 g/mol. The van der Waals surface area contributed by atoms with Crippen LogP contribution in [0.1, 0.15) is 39.0 Å². The molecule has 24 heavy (non-hydrogen) atoms. The van der Waals surface area contributed by atoms with E-state index in [9.17, 15) is 9.59 Å². The zero-order valence-electron chi connectivity index (χ0n) is 14.5. The van der Waals surface area contributed by atoms with Gasteiger partial charge in [-0.2, -0.15) is 0 Å². The van der Waals surface area contributed by atoms with Gasteiger partial charge in [0.2, 0.25) is 5.78 Å². The molecular weight excluding hydrogens is 308 g/mol. The summed E-state index contributed by atoms with van der Waals surface area (Å²) in [6.45, 7) is 5.26. The molecule has 128 valence electrons. The van der Waals surface area contributed by atoms with E-state index >= 15 is 0 Å². The summed E-state index contributed by atoms with van der Waals surface area (Å²) in [4.78, 5) is 27.5. The van der Waals surface area contributed by atoms with E-state index in [2.05, 4.69) is 10.3 Å². The fourth-order valence-electron chi connectivity index (χ4n) is 2.62. The second-order valence-corrected chi connectivity index (χ2v) is 5.58. The predicted octanol–water partition coefficient (Wildman–Crippen LogP) is 3.11. The van der Waals surface area contributed by atoms with Crippen LogP contribution in [-0.2, 0) is 4.74 Å². The van der Waals surface area contributed by atoms with E-state index in [1.165, 1.54) is 7.11 Å². The van der Waals surface area contributed by atoms with Gasteiger partial charge in [0, 0.05) is 11.4 Å². The standard InChI is InChI=1S/C18H22N2O4/c1-10-15(18(22)24-5)11(2)20-16(10)17(21)12(3)19-13-6-8-14(23-4)9-7-13/h6-9,12,19-20H,1-5H3/t12-/m0/s1. The van der Waals surface area contributed by atoms with Gasteiger partial charge in [-0.05, 0) is 50.6 Å². The van der Waals surface area contributed by atoms with Crippen LogP contribution in [0.5, 0.6) is 5.75 Å². The van der Waals surface area contributed by atoms with Gasteiger partial charge in [-0.3, -0.25) is 4.79 Å². The first kappa shape index (κ1) is 17.6. The number of nitrogens with one attached hydrogen (secondary N) is 2. The quantitative estimate of drug-likeness (QED) is 0.628. The van der Waals surface area contributed by atoms with Crippen LogP contribution in [0.4, 0.5) is 5.69 Å². The fourth-order valence-corrected chi connectivity index (χ4v) is 2.62. The number of benzene rings is 1. The lowest BCUT2D eigenvalue weighted by atomic mass is 10.0. The summed E-state index contributed by atoms with van der Waals surface area (Å²) in [5, 5.41) is 3.15. The molecule has 0 saturated carbocycles. The van der Waals surface area contributed by atoms with Gasteiger partial charge in [0.1, 0.15) is 5.75 Å². The molecule has 2 N–H and O–H groups in total. The van der Waals surface area contributed by atoms with Crippen molar-refractivity contribution in [1.29, 1.82) is 0 Å². The van der Waals surface area contributed by atoms with Crippen LogP contribution in [0.25, 0.3) is 0 Å². The number of anilines is 1. The van der Waals surface area contributed by atoms with Gasteiger partial charge in [-0.15, -0.1) is 0 Å². The number of Topliss-reactive ketones (excluding diaryl/α,β-unsaturated/α-hetero) is 1. The number of aromatic amines is 1. The second kappa shape index (κ2) is 7.21. The van der Waals surface area contributed by atoms with E-state index in [-0.39, 0.29) is 5.78 Å². The molecule has 0 fully saturated rings. The third-order valence-corrected chi connectivity index (χ3v) is 3.94. The molecule has 1 heterocycles. The lowest BCUT2D eigenvalue weighted by Crippen LogP contribution is -2.27. The molecule has 0 aliphatic rings. The number of rotatable bonds is 6. The van der Waals surface area contributed by atoms with Crippen molar-refractivity contribution in [3.8, 4) is 5.75 Å². The van der Waals surface area contributed by atoms with Crippen LogP contribution >= 0.6 is 0 Å². The molecule has 1 aromatic heterocycles. The van der Waals surface area contributed by atoms with Crippen LogP contribution in [0.15, 0.2) is 24.3 Å². The van der Waals surface area contributed by atoms with Crippen molar-refractivity contribution in [2.75, 3.05) is 19.5 Å². The number of hydrogen-bond acceptors (Lipinski definition) is 5. The minimum absolute atomic E-state index is 0.124. The summed E-state index contributed by atoms with van der Waals surface area (Å²) >= 11 is 0. The van der Waals surface area contributed by atoms with Crippen molar-refractivity contribution >= 4 is 17.4 Å². The van der Waals surface area contributed by atoms with E-state index in [0.29, 0.717) is 22.5 Å². The molecule has 1 aromatic carbocycles. The lowest BCUT2D eigenvalue weighted by molar-refractivity contribution is 0.0599. The molecule has 0 aliphatic heterocycles. The molecule has 1 atom stereocenters. The largest absolute Gasteiger partial charge is 0.497 e. The third-order valence-electron chi connectivity index (χ3n) is 3.94. The van der Waals surface area contributed by atoms with E-state index in [4.69, 9.17) is 9.47 Å². The van der Waals surface area contributed by atoms with E-state index in [1.807, 2.05) is 24.3 Å². The Morgan fingerprint density at radius 1 is 1.12 bits per heavy atom. The molecule has 0 saturated heterocycles. The van der Waals surface area contributed by atoms with Crippen molar-refractivity contribution in [3.63, 3.8) is 0 Å². The number of H-pyrrole nitrogens is 1. The highest BCUT2D eigenvalue weighted by Crippen LogP contribution is 2.22. The molecule has 0 amide bonds. The Kier molecular flexibility index (Phi) is 5.28. The highest BCUT2D eigenvalue weighted by Gasteiger charge is 2.25. The Bertz CT molecular complexity index is 747. The minimum Gasteiger partial charge on any atom is -0.497 e. The SMILES string of the molecule is COC(=O)c1c(C)[nH]c(C(=O)[C@H](C)Nc2ccc(OC)cc2)c1C. The maximum atomic E-state index is 12.7. The number of hydrogen-bond donors (Lipinski definition) is 2. The predicted molar refractivity (Wildman–Crippen MR) is 92.0 cm³/mol. The van der Waals surface area contributed by atoms with Crippen molar-refractivity contribution in [2.45, 2.75) is 26.8 Å². The lowest BCUT2D eigenvalue weighted by Gasteiger charge is -2.14. The van der Waals surface area contributed by atoms with Gasteiger partial charge in [-0.25, -0.2) is 4.79 Å². The number of carbonyl (C=O) groups is 2. The minimum atomic E-state index is -0.458. The average molecular weight is 330 g/mol. The summed E-state index contributed by atoms with van der Waals surface area (Å²) in [6.07, 6.45) is 0. The van der Waals surface area contributed by atoms with Crippen molar-refractivity contribution in [3.05, 3.63) is 46.8 Å². The topological polar surface area (TPSA) is 80.4 Å². The molecule has 6 heteroatoms. The average Bonchev–Trinajstić information content (AvgIpc) is 2.88. The van der Waals surface area contributed by atoms with Gasteiger partial charge in [-0.1, -0.05) is 0 Å². The number of carbonyl (C=O) groups excluding carboxylic acids is 2. The molecule has 6 nitrogen and oxygen atoms in total. The smallest absolute Gasteiger partial charge is 0.339 e. The molecule has 0 unspecified atom stereocenters. The van der Waals surface area contributed by atoms with Gasteiger partial charge in [0.15, 0.2) is 0 Å². The van der Waals surface area contributed by atoms with Crippen molar-refractivity contribution < 1.29 is 19.1 Å². The van der Waals surface area contributed by atoms with Crippen LogP contribution in [0, 0.1) is 13.8 Å². The van der Waals surface area contributed by atoms with E-state index in [1.54, 1.807) is 27.9 Å². The van der Waals surface area contributed by atoms with Crippen LogP contribution < -0.4 is 10.1 Å². The molecule has 0 aliphatic carbocycles. The maximum Gasteiger partial charge on any atom is 0.339 e. The normalized spacial score (nSPS) is 11.7. The summed E-state index contributed by atoms with van der Waals surface area (Å²) in [6, 6.07) is 6.86. The Balaban J connectivity index is 2.20. The molecule has 0 spiro atoms. The van der Waals surface area contributed by atoms with E-state index < -0.39 is 12.0 Å². The second-order valence-electron chi connectivity index (χ2n) is 5.58. The van der Waals surface area contributed by atoms with Gasteiger partial charge >= 0.3 is 5.97 Å². The molecule has 2 rings (SSSR count). The Morgan fingerprint density at radius 3 is 2.29 bits per heavy atom. The number of esters is 1. The van der Waals surface area contributed by atoms with Gasteiger partial charge < -0.3 is 19.8 Å². The van der Waals surface area contributed by atoms with Crippen LogP contribution in [0.2, 0.25) is 0 Å². The van der Waals surface area contributed by atoms with Crippen LogP contribution in [-0.4, -0.2) is 37.0 Å². The number of ketones is 1. The summed E-state index contributed by atoms with van der Waals surface area (Å²) in [5.41, 5.74) is 2.87. The molecule has 2 aromatic rings. The summed E-state index contributed by atoms with van der Waals surface area (Å²) in [5.74, 6) is 0.177. The highest BCUT2D eigenvalue weighted by molar-refractivity contribution is 6.04. The van der Waals surface area contributed by atoms with E-state index in [0.717, 1.165) is 11.4 Å². The van der Waals surface area contributed by atoms with Crippen molar-refractivity contribution in [1.82, 2.24) is 4.98 Å². The maximum absolute atomic E-state index is 12.7. The summed E-state index contributed by atoms with van der Waals surface area (Å²) < 4.78 is 9.88. The molecule has 0 radical (unpaired) electrons. The molecular formula is C18H22N2O4. The number of aromatic nitrogens is 1. The Labute approximate surface area is 141 Å². The fraction of sp³-hybridized carbons (Fsp3) is 0.333. The zero-order valence-corrected chi connectivity index (χ0v) is 14.5. The number of ether oxygens (including phenoxy) is 2.